The van der Waals surface area contributed by atoms with Crippen molar-refractivity contribution in [3.05, 3.63) is 65.9 Å². The third-order valence-electron chi connectivity index (χ3n) is 4.09. The first-order valence-electron chi connectivity index (χ1n) is 7.90. The van der Waals surface area contributed by atoms with E-state index in [1.54, 1.807) is 0 Å². The molecular formula is C19H21N3O. The molecule has 3 rings (SSSR count). The van der Waals surface area contributed by atoms with Gasteiger partial charge in [-0.3, -0.25) is 9.48 Å². The van der Waals surface area contributed by atoms with Crippen LogP contribution in [0.15, 0.2) is 54.7 Å². The van der Waals surface area contributed by atoms with E-state index in [9.17, 15) is 4.79 Å². The number of hydrogen-bond acceptors (Lipinski definition) is 2. The van der Waals surface area contributed by atoms with Gasteiger partial charge in [0.2, 0.25) is 5.91 Å². The molecule has 23 heavy (non-hydrogen) atoms. The van der Waals surface area contributed by atoms with Crippen LogP contribution in [0.3, 0.4) is 0 Å². The van der Waals surface area contributed by atoms with Gasteiger partial charge in [0.05, 0.1) is 24.3 Å². The molecule has 118 valence electrons. The van der Waals surface area contributed by atoms with Crippen molar-refractivity contribution in [3.8, 4) is 0 Å². The Hall–Kier alpha value is -2.62. The Morgan fingerprint density at radius 1 is 1.17 bits per heavy atom. The first kappa shape index (κ1) is 15.3. The second-order valence-corrected chi connectivity index (χ2v) is 5.83. The van der Waals surface area contributed by atoms with Crippen LogP contribution < -0.4 is 5.32 Å². The van der Waals surface area contributed by atoms with Gasteiger partial charge in [0.15, 0.2) is 0 Å². The lowest BCUT2D eigenvalue weighted by molar-refractivity contribution is -0.122. The average molecular weight is 307 g/mol. The summed E-state index contributed by atoms with van der Waals surface area (Å²) in [7, 11) is 0. The molecule has 1 heterocycles. The van der Waals surface area contributed by atoms with Crippen LogP contribution in [0.2, 0.25) is 0 Å². The molecule has 0 aliphatic carbocycles. The maximum absolute atomic E-state index is 12.2. The zero-order valence-corrected chi connectivity index (χ0v) is 13.5. The number of nitrogens with zero attached hydrogens (tertiary/aromatic N) is 2. The summed E-state index contributed by atoms with van der Waals surface area (Å²) in [6, 6.07) is 16.1. The second kappa shape index (κ2) is 6.65. The fraction of sp³-hybridized carbons (Fsp3) is 0.263. The lowest BCUT2D eigenvalue weighted by Crippen LogP contribution is -2.27. The largest absolute Gasteiger partial charge is 0.350 e. The molecule has 1 N–H and O–H groups in total. The number of hydrogen-bond donors (Lipinski definition) is 1. The first-order valence-corrected chi connectivity index (χ1v) is 7.90. The van der Waals surface area contributed by atoms with Crippen molar-refractivity contribution in [2.75, 3.05) is 0 Å². The Balaban J connectivity index is 1.62. The van der Waals surface area contributed by atoms with Gasteiger partial charge in [-0.2, -0.15) is 5.10 Å². The second-order valence-electron chi connectivity index (χ2n) is 5.83. The highest BCUT2D eigenvalue weighted by Gasteiger charge is 2.11. The number of aryl methyl sites for hydroxylation is 2. The van der Waals surface area contributed by atoms with Gasteiger partial charge in [-0.1, -0.05) is 48.5 Å². The summed E-state index contributed by atoms with van der Waals surface area (Å²) in [6.45, 7) is 4.65. The summed E-state index contributed by atoms with van der Waals surface area (Å²) in [4.78, 5) is 12.2. The highest BCUT2D eigenvalue weighted by Crippen LogP contribution is 2.18. The highest BCUT2D eigenvalue weighted by molar-refractivity contribution is 5.82. The smallest absolute Gasteiger partial charge is 0.222 e. The summed E-state index contributed by atoms with van der Waals surface area (Å²) in [6.07, 6.45) is 2.27. The van der Waals surface area contributed by atoms with Crippen LogP contribution in [0.5, 0.6) is 0 Å². The van der Waals surface area contributed by atoms with E-state index in [2.05, 4.69) is 23.4 Å². The fourth-order valence-corrected chi connectivity index (χ4v) is 2.84. The predicted octanol–water partition coefficient (Wildman–Crippen LogP) is 3.61. The predicted molar refractivity (Wildman–Crippen MR) is 92.1 cm³/mol. The number of carbonyl (C=O) groups is 1. The van der Waals surface area contributed by atoms with E-state index in [-0.39, 0.29) is 11.9 Å². The first-order chi connectivity index (χ1) is 11.1. The minimum atomic E-state index is 0.0137. The van der Waals surface area contributed by atoms with Crippen LogP contribution >= 0.6 is 0 Å². The molecule has 1 amide bonds. The summed E-state index contributed by atoms with van der Waals surface area (Å²) in [5, 5.41) is 8.56. The maximum atomic E-state index is 12.2. The van der Waals surface area contributed by atoms with Crippen LogP contribution in [0, 0.1) is 6.92 Å². The number of carbonyl (C=O) groups excluding carboxylic acids is 1. The van der Waals surface area contributed by atoms with Crippen molar-refractivity contribution in [2.45, 2.75) is 32.9 Å². The molecule has 0 fully saturated rings. The molecule has 1 aromatic heterocycles. The van der Waals surface area contributed by atoms with Gasteiger partial charge in [0, 0.05) is 11.8 Å². The Kier molecular flexibility index (Phi) is 4.42. The van der Waals surface area contributed by atoms with Crippen LogP contribution in [-0.2, 0) is 11.3 Å². The molecule has 1 unspecified atom stereocenters. The lowest BCUT2D eigenvalue weighted by Gasteiger charge is -2.14. The van der Waals surface area contributed by atoms with Crippen molar-refractivity contribution in [3.63, 3.8) is 0 Å². The maximum Gasteiger partial charge on any atom is 0.222 e. The van der Waals surface area contributed by atoms with E-state index in [0.717, 1.165) is 16.5 Å². The Labute approximate surface area is 136 Å². The van der Waals surface area contributed by atoms with E-state index < -0.39 is 0 Å². The molecule has 0 saturated heterocycles. The van der Waals surface area contributed by atoms with Crippen LogP contribution in [-0.4, -0.2) is 15.7 Å². The SMILES string of the molecule is Cc1cccc2cnn(CCC(=O)NC(C)c3ccccc3)c12. The number of benzene rings is 2. The van der Waals surface area contributed by atoms with Crippen molar-refractivity contribution in [2.24, 2.45) is 0 Å². The minimum Gasteiger partial charge on any atom is -0.350 e. The topological polar surface area (TPSA) is 46.9 Å². The van der Waals surface area contributed by atoms with Crippen LogP contribution in [0.4, 0.5) is 0 Å². The Morgan fingerprint density at radius 2 is 1.96 bits per heavy atom. The highest BCUT2D eigenvalue weighted by atomic mass is 16.1. The number of fused-ring (bicyclic) bond motifs is 1. The van der Waals surface area contributed by atoms with E-state index in [1.165, 1.54) is 5.56 Å². The molecule has 0 spiro atoms. The summed E-state index contributed by atoms with van der Waals surface area (Å²) < 4.78 is 1.91. The molecule has 0 aliphatic rings. The quantitative estimate of drug-likeness (QED) is 0.782. The molecule has 3 aromatic rings. The van der Waals surface area contributed by atoms with Gasteiger partial charge in [-0.05, 0) is 25.0 Å². The Bertz CT molecular complexity index is 808. The van der Waals surface area contributed by atoms with Gasteiger partial charge in [-0.15, -0.1) is 0 Å². The van der Waals surface area contributed by atoms with Crippen LogP contribution in [0.25, 0.3) is 10.9 Å². The third kappa shape index (κ3) is 3.42. The van der Waals surface area contributed by atoms with Gasteiger partial charge >= 0.3 is 0 Å². The van der Waals surface area contributed by atoms with E-state index in [0.29, 0.717) is 13.0 Å². The fourth-order valence-electron chi connectivity index (χ4n) is 2.84. The Morgan fingerprint density at radius 3 is 2.74 bits per heavy atom. The van der Waals surface area contributed by atoms with E-state index in [4.69, 9.17) is 0 Å². The van der Waals surface area contributed by atoms with E-state index >= 15 is 0 Å². The monoisotopic (exact) mass is 307 g/mol. The van der Waals surface area contributed by atoms with Crippen molar-refractivity contribution in [1.29, 1.82) is 0 Å². The molecular weight excluding hydrogens is 286 g/mol. The zero-order chi connectivity index (χ0) is 16.2. The number of para-hydroxylation sites is 1. The molecule has 0 aliphatic heterocycles. The van der Waals surface area contributed by atoms with Gasteiger partial charge in [0.25, 0.3) is 0 Å². The van der Waals surface area contributed by atoms with Gasteiger partial charge in [0.1, 0.15) is 0 Å². The average Bonchev–Trinajstić information content (AvgIpc) is 2.98. The summed E-state index contributed by atoms with van der Waals surface area (Å²) in [5.74, 6) is 0.0404. The van der Waals surface area contributed by atoms with Crippen molar-refractivity contribution >= 4 is 16.8 Å². The third-order valence-corrected chi connectivity index (χ3v) is 4.09. The van der Waals surface area contributed by atoms with E-state index in [1.807, 2.05) is 60.3 Å². The summed E-state index contributed by atoms with van der Waals surface area (Å²) in [5.41, 5.74) is 3.40. The molecule has 0 saturated carbocycles. The lowest BCUT2D eigenvalue weighted by atomic mass is 10.1. The zero-order valence-electron chi connectivity index (χ0n) is 13.5. The number of amides is 1. The molecule has 4 nitrogen and oxygen atoms in total. The van der Waals surface area contributed by atoms with Gasteiger partial charge < -0.3 is 5.32 Å². The molecule has 1 atom stereocenters. The minimum absolute atomic E-state index is 0.0137. The molecule has 0 bridgehead atoms. The number of aromatic nitrogens is 2. The van der Waals surface area contributed by atoms with Crippen molar-refractivity contribution < 1.29 is 4.79 Å². The molecule has 0 radical (unpaired) electrons. The number of nitrogens with one attached hydrogen (secondary N) is 1. The van der Waals surface area contributed by atoms with Gasteiger partial charge in [-0.25, -0.2) is 0 Å². The number of rotatable bonds is 5. The van der Waals surface area contributed by atoms with Crippen LogP contribution in [0.1, 0.15) is 30.5 Å². The normalized spacial score (nSPS) is 12.3. The molecule has 2 aromatic carbocycles. The molecule has 4 heteroatoms. The summed E-state index contributed by atoms with van der Waals surface area (Å²) >= 11 is 0. The van der Waals surface area contributed by atoms with Crippen molar-refractivity contribution in [1.82, 2.24) is 15.1 Å². The standard InChI is InChI=1S/C19H21N3O/c1-14-7-6-10-17-13-20-22(19(14)17)12-11-18(23)21-15(2)16-8-4-3-5-9-16/h3-10,13,15H,11-12H2,1-2H3,(H,21,23).